The SMILES string of the molecule is CCOC(=O)C1=C(CN2CC(F)(F)C3C2CCN3CC23CC(C(=O)O)(C2)C3)NC(c2nccs2)=NC1c1cccc(F)c1C. The van der Waals surface area contributed by atoms with E-state index in [4.69, 9.17) is 9.73 Å². The summed E-state index contributed by atoms with van der Waals surface area (Å²) in [6, 6.07) is 2.23. The van der Waals surface area contributed by atoms with Crippen LogP contribution in [0.25, 0.3) is 0 Å². The highest BCUT2D eigenvalue weighted by atomic mass is 32.1. The smallest absolute Gasteiger partial charge is 0.338 e. The fourth-order valence-electron chi connectivity index (χ4n) is 8.39. The Labute approximate surface area is 256 Å². The van der Waals surface area contributed by atoms with E-state index in [-0.39, 0.29) is 24.1 Å². The van der Waals surface area contributed by atoms with Crippen LogP contribution in [0.15, 0.2) is 46.0 Å². The first-order valence-corrected chi connectivity index (χ1v) is 15.8. The molecule has 1 aromatic heterocycles. The number of nitrogens with one attached hydrogen (secondary N) is 1. The Morgan fingerprint density at radius 1 is 1.23 bits per heavy atom. The highest BCUT2D eigenvalue weighted by Gasteiger charge is 2.73. The number of alkyl halides is 2. The highest BCUT2D eigenvalue weighted by Crippen LogP contribution is 2.73. The normalized spacial score (nSPS) is 32.4. The number of thiazole rings is 1. The summed E-state index contributed by atoms with van der Waals surface area (Å²) in [5.41, 5.74) is 0.524. The standard InChI is InChI=1S/C31H34F3N5O4S/c1-3-43-27(40)22-20(36-25(26-35-8-10-44-26)37-23(22)18-5-4-6-19(32)17(18)2)11-39-16-31(33,34)24-21(39)7-9-38(24)15-29-12-30(13-29,14-29)28(41)42/h4-6,8,10,21,23-24H,3,7,9,11-16H2,1-2H3,(H,36,37)(H,41,42). The molecule has 2 saturated heterocycles. The third-order valence-corrected chi connectivity index (χ3v) is 10.9. The number of likely N-dealkylation sites (tertiary alicyclic amines) is 2. The molecule has 5 fully saturated rings. The van der Waals surface area contributed by atoms with Gasteiger partial charge in [-0.05, 0) is 62.1 Å². The maximum atomic E-state index is 15.8. The van der Waals surface area contributed by atoms with Gasteiger partial charge in [-0.2, -0.15) is 0 Å². The van der Waals surface area contributed by atoms with Crippen molar-refractivity contribution in [1.29, 1.82) is 0 Å². The van der Waals surface area contributed by atoms with Crippen molar-refractivity contribution in [3.05, 3.63) is 63.0 Å². The fraction of sp³-hybridized carbons (Fsp3) is 0.548. The van der Waals surface area contributed by atoms with Gasteiger partial charge < -0.3 is 15.2 Å². The van der Waals surface area contributed by atoms with E-state index in [2.05, 4.69) is 10.3 Å². The van der Waals surface area contributed by atoms with Gasteiger partial charge in [0.1, 0.15) is 11.9 Å². The molecule has 3 aliphatic heterocycles. The zero-order chi connectivity index (χ0) is 31.0. The molecule has 3 aliphatic carbocycles. The summed E-state index contributed by atoms with van der Waals surface area (Å²) in [6.07, 6.45) is 3.82. The minimum atomic E-state index is -3.00. The zero-order valence-corrected chi connectivity index (χ0v) is 25.3. The number of amidine groups is 1. The number of rotatable bonds is 9. The van der Waals surface area contributed by atoms with Crippen molar-refractivity contribution < 1.29 is 32.6 Å². The molecule has 1 aromatic carbocycles. The first-order valence-electron chi connectivity index (χ1n) is 15.0. The van der Waals surface area contributed by atoms with Gasteiger partial charge in [-0.25, -0.2) is 22.9 Å². The van der Waals surface area contributed by atoms with Crippen LogP contribution >= 0.6 is 11.3 Å². The van der Waals surface area contributed by atoms with Crippen LogP contribution < -0.4 is 5.32 Å². The Morgan fingerprint density at radius 2 is 2.00 bits per heavy atom. The summed E-state index contributed by atoms with van der Waals surface area (Å²) in [7, 11) is 0. The number of aliphatic imine (C=N–C) groups is 1. The second-order valence-corrected chi connectivity index (χ2v) is 13.9. The van der Waals surface area contributed by atoms with E-state index in [1.54, 1.807) is 42.5 Å². The van der Waals surface area contributed by atoms with Crippen molar-refractivity contribution in [2.75, 3.05) is 32.8 Å². The molecule has 4 heterocycles. The molecule has 3 unspecified atom stereocenters. The van der Waals surface area contributed by atoms with Crippen LogP contribution in [0, 0.1) is 23.6 Å². The molecule has 6 aliphatic rings. The maximum Gasteiger partial charge on any atom is 0.338 e. The summed E-state index contributed by atoms with van der Waals surface area (Å²) >= 11 is 1.34. The molecule has 2 bridgehead atoms. The number of aliphatic carboxylic acids is 1. The Hall–Kier alpha value is -3.29. The summed E-state index contributed by atoms with van der Waals surface area (Å²) in [5, 5.41) is 15.1. The van der Waals surface area contributed by atoms with Crippen LogP contribution in [0.3, 0.4) is 0 Å². The molecular formula is C31H34F3N5O4S. The van der Waals surface area contributed by atoms with Crippen molar-refractivity contribution in [2.24, 2.45) is 15.8 Å². The molecule has 0 radical (unpaired) electrons. The molecule has 2 N–H and O–H groups in total. The number of esters is 1. The minimum Gasteiger partial charge on any atom is -0.481 e. The number of benzene rings is 1. The van der Waals surface area contributed by atoms with Crippen molar-refractivity contribution in [3.8, 4) is 0 Å². The number of nitrogens with zero attached hydrogens (tertiary/aromatic N) is 4. The quantitative estimate of drug-likeness (QED) is 0.399. The van der Waals surface area contributed by atoms with E-state index in [0.717, 1.165) is 0 Å². The predicted molar refractivity (Wildman–Crippen MR) is 156 cm³/mol. The third kappa shape index (κ3) is 4.57. The summed E-state index contributed by atoms with van der Waals surface area (Å²) < 4.78 is 51.8. The molecule has 9 nitrogen and oxygen atoms in total. The lowest BCUT2D eigenvalue weighted by molar-refractivity contribution is -0.231. The number of carbonyl (C=O) groups excluding carboxylic acids is 1. The number of carboxylic acid groups (broad SMARTS) is 1. The first kappa shape index (κ1) is 29.4. The van der Waals surface area contributed by atoms with E-state index in [1.165, 1.54) is 17.4 Å². The van der Waals surface area contributed by atoms with Crippen molar-refractivity contribution in [3.63, 3.8) is 0 Å². The number of aromatic nitrogens is 1. The lowest BCUT2D eigenvalue weighted by atomic mass is 9.35. The third-order valence-electron chi connectivity index (χ3n) is 10.1. The molecule has 0 spiro atoms. The van der Waals surface area contributed by atoms with Gasteiger partial charge in [-0.3, -0.25) is 19.6 Å². The zero-order valence-electron chi connectivity index (χ0n) is 24.5. The van der Waals surface area contributed by atoms with Gasteiger partial charge in [0.15, 0.2) is 10.8 Å². The molecule has 234 valence electrons. The second kappa shape index (κ2) is 10.4. The average Bonchev–Trinajstić information content (AvgIpc) is 3.66. The van der Waals surface area contributed by atoms with Crippen LogP contribution in [0.5, 0.6) is 0 Å². The van der Waals surface area contributed by atoms with Gasteiger partial charge in [-0.1, -0.05) is 12.1 Å². The monoisotopic (exact) mass is 629 g/mol. The molecule has 0 amide bonds. The number of halogens is 3. The number of ether oxygens (including phenoxy) is 1. The van der Waals surface area contributed by atoms with E-state index < -0.39 is 53.8 Å². The highest BCUT2D eigenvalue weighted by molar-refractivity contribution is 7.11. The predicted octanol–water partition coefficient (Wildman–Crippen LogP) is 4.15. The van der Waals surface area contributed by atoms with Crippen LogP contribution in [0.4, 0.5) is 13.2 Å². The lowest BCUT2D eigenvalue weighted by Gasteiger charge is -2.69. The minimum absolute atomic E-state index is 0.0151. The van der Waals surface area contributed by atoms with Crippen LogP contribution in [-0.2, 0) is 14.3 Å². The number of carbonyl (C=O) groups is 2. The Bertz CT molecular complexity index is 1560. The van der Waals surface area contributed by atoms with Crippen LogP contribution in [0.2, 0.25) is 0 Å². The largest absolute Gasteiger partial charge is 0.481 e. The van der Waals surface area contributed by atoms with Gasteiger partial charge in [0.25, 0.3) is 5.92 Å². The van der Waals surface area contributed by atoms with Gasteiger partial charge in [-0.15, -0.1) is 11.3 Å². The summed E-state index contributed by atoms with van der Waals surface area (Å²) in [4.78, 5) is 37.9. The molecule has 3 saturated carbocycles. The van der Waals surface area contributed by atoms with Crippen LogP contribution in [0.1, 0.15) is 54.8 Å². The molecule has 3 atom stereocenters. The number of carboxylic acids is 1. The van der Waals surface area contributed by atoms with Crippen molar-refractivity contribution >= 4 is 29.1 Å². The van der Waals surface area contributed by atoms with E-state index in [0.29, 0.717) is 66.4 Å². The number of hydrogen-bond acceptors (Lipinski definition) is 9. The lowest BCUT2D eigenvalue weighted by Crippen LogP contribution is -2.69. The second-order valence-electron chi connectivity index (χ2n) is 13.0. The molecule has 13 heteroatoms. The first-order chi connectivity index (χ1) is 21.0. The van der Waals surface area contributed by atoms with Gasteiger partial charge >= 0.3 is 11.9 Å². The average molecular weight is 630 g/mol. The Kier molecular flexibility index (Phi) is 6.94. The Morgan fingerprint density at radius 3 is 2.68 bits per heavy atom. The number of fused-ring (bicyclic) bond motifs is 1. The molecule has 2 aromatic rings. The molecule has 44 heavy (non-hydrogen) atoms. The van der Waals surface area contributed by atoms with E-state index >= 15 is 8.78 Å². The van der Waals surface area contributed by atoms with Gasteiger partial charge in [0, 0.05) is 43.0 Å². The topological polar surface area (TPSA) is 107 Å². The summed E-state index contributed by atoms with van der Waals surface area (Å²) in [5.74, 6) is -4.49. The van der Waals surface area contributed by atoms with E-state index in [1.807, 2.05) is 4.90 Å². The Balaban J connectivity index is 1.21. The molecule has 8 rings (SSSR count). The fourth-order valence-corrected chi connectivity index (χ4v) is 8.98. The number of hydrogen-bond donors (Lipinski definition) is 2. The molecular weight excluding hydrogens is 595 g/mol. The van der Waals surface area contributed by atoms with Gasteiger partial charge in [0.05, 0.1) is 30.2 Å². The van der Waals surface area contributed by atoms with E-state index in [9.17, 15) is 19.1 Å². The summed E-state index contributed by atoms with van der Waals surface area (Å²) in [6.45, 7) is 3.91. The van der Waals surface area contributed by atoms with Crippen molar-refractivity contribution in [2.45, 2.75) is 63.6 Å². The van der Waals surface area contributed by atoms with Crippen LogP contribution in [-0.4, -0.2) is 88.5 Å². The maximum absolute atomic E-state index is 15.8. The van der Waals surface area contributed by atoms with Crippen molar-refractivity contribution in [1.82, 2.24) is 20.1 Å². The van der Waals surface area contributed by atoms with Gasteiger partial charge in [0.2, 0.25) is 0 Å².